The van der Waals surface area contributed by atoms with Crippen LogP contribution >= 0.6 is 0 Å². The SMILES string of the molecule is CCOC(=O)c1cnc(NC2CC2C)nc1C. The number of hydrogen-bond donors (Lipinski definition) is 1. The number of anilines is 1. The van der Waals surface area contributed by atoms with Crippen LogP contribution in [0.2, 0.25) is 0 Å². The predicted octanol–water partition coefficient (Wildman–Crippen LogP) is 1.78. The van der Waals surface area contributed by atoms with Crippen molar-refractivity contribution in [3.05, 3.63) is 17.5 Å². The third-order valence-electron chi connectivity index (χ3n) is 2.90. The first-order valence-electron chi connectivity index (χ1n) is 5.89. The highest BCUT2D eigenvalue weighted by atomic mass is 16.5. The quantitative estimate of drug-likeness (QED) is 0.806. The lowest BCUT2D eigenvalue weighted by Gasteiger charge is -2.07. The number of esters is 1. The Balaban J connectivity index is 2.08. The van der Waals surface area contributed by atoms with Crippen molar-refractivity contribution < 1.29 is 9.53 Å². The van der Waals surface area contributed by atoms with E-state index in [-0.39, 0.29) is 5.97 Å². The summed E-state index contributed by atoms with van der Waals surface area (Å²) in [7, 11) is 0. The van der Waals surface area contributed by atoms with Gasteiger partial charge in [-0.2, -0.15) is 0 Å². The van der Waals surface area contributed by atoms with Gasteiger partial charge in [0, 0.05) is 12.2 Å². The zero-order valence-corrected chi connectivity index (χ0v) is 10.4. The molecular weight excluding hydrogens is 218 g/mol. The van der Waals surface area contributed by atoms with Gasteiger partial charge in [-0.25, -0.2) is 14.8 Å². The van der Waals surface area contributed by atoms with Crippen LogP contribution in [0.1, 0.15) is 36.3 Å². The highest BCUT2D eigenvalue weighted by Gasteiger charge is 2.33. The van der Waals surface area contributed by atoms with Gasteiger partial charge in [-0.15, -0.1) is 0 Å². The molecular formula is C12H17N3O2. The molecule has 1 N–H and O–H groups in total. The molecule has 5 heteroatoms. The van der Waals surface area contributed by atoms with Crippen molar-refractivity contribution in [2.45, 2.75) is 33.2 Å². The smallest absolute Gasteiger partial charge is 0.341 e. The van der Waals surface area contributed by atoms with E-state index in [9.17, 15) is 4.79 Å². The van der Waals surface area contributed by atoms with Crippen molar-refractivity contribution in [1.82, 2.24) is 9.97 Å². The van der Waals surface area contributed by atoms with Crippen LogP contribution in [0.3, 0.4) is 0 Å². The van der Waals surface area contributed by atoms with Crippen LogP contribution in [-0.4, -0.2) is 28.6 Å². The second-order valence-electron chi connectivity index (χ2n) is 4.38. The average Bonchev–Trinajstić information content (AvgIpc) is 2.94. The summed E-state index contributed by atoms with van der Waals surface area (Å²) in [6, 6.07) is 0.475. The first kappa shape index (κ1) is 11.8. The summed E-state index contributed by atoms with van der Waals surface area (Å²) >= 11 is 0. The molecule has 17 heavy (non-hydrogen) atoms. The second kappa shape index (κ2) is 4.69. The second-order valence-corrected chi connectivity index (χ2v) is 4.38. The van der Waals surface area contributed by atoms with Crippen LogP contribution in [0.5, 0.6) is 0 Å². The van der Waals surface area contributed by atoms with Crippen LogP contribution < -0.4 is 5.32 Å². The van der Waals surface area contributed by atoms with E-state index >= 15 is 0 Å². The van der Waals surface area contributed by atoms with Crippen molar-refractivity contribution in [2.75, 3.05) is 11.9 Å². The van der Waals surface area contributed by atoms with Crippen LogP contribution in [0.25, 0.3) is 0 Å². The fourth-order valence-electron chi connectivity index (χ4n) is 1.63. The van der Waals surface area contributed by atoms with E-state index in [4.69, 9.17) is 4.74 Å². The molecule has 92 valence electrons. The van der Waals surface area contributed by atoms with Gasteiger partial charge in [0.1, 0.15) is 0 Å². The van der Waals surface area contributed by atoms with Gasteiger partial charge in [0.25, 0.3) is 0 Å². The summed E-state index contributed by atoms with van der Waals surface area (Å²) in [6.07, 6.45) is 2.68. The van der Waals surface area contributed by atoms with E-state index in [1.54, 1.807) is 13.8 Å². The van der Waals surface area contributed by atoms with Crippen molar-refractivity contribution in [2.24, 2.45) is 5.92 Å². The average molecular weight is 235 g/mol. The highest BCUT2D eigenvalue weighted by Crippen LogP contribution is 2.31. The lowest BCUT2D eigenvalue weighted by Crippen LogP contribution is -2.12. The minimum absolute atomic E-state index is 0.359. The van der Waals surface area contributed by atoms with Gasteiger partial charge in [0.15, 0.2) is 0 Å². The number of nitrogens with zero attached hydrogens (tertiary/aromatic N) is 2. The molecule has 2 atom stereocenters. The zero-order chi connectivity index (χ0) is 12.4. The molecule has 1 saturated carbocycles. The fraction of sp³-hybridized carbons (Fsp3) is 0.583. The maximum Gasteiger partial charge on any atom is 0.341 e. The molecule has 0 spiro atoms. The Bertz CT molecular complexity index is 434. The maximum absolute atomic E-state index is 11.5. The fourth-order valence-corrected chi connectivity index (χ4v) is 1.63. The molecule has 1 heterocycles. The number of aromatic nitrogens is 2. The van der Waals surface area contributed by atoms with Crippen LogP contribution in [0.4, 0.5) is 5.95 Å². The molecule has 0 radical (unpaired) electrons. The third kappa shape index (κ3) is 2.72. The first-order chi connectivity index (χ1) is 8.11. The molecule has 0 amide bonds. The summed E-state index contributed by atoms with van der Waals surface area (Å²) < 4.78 is 4.92. The molecule has 2 rings (SSSR count). The van der Waals surface area contributed by atoms with E-state index < -0.39 is 0 Å². The van der Waals surface area contributed by atoms with E-state index in [1.165, 1.54) is 6.20 Å². The van der Waals surface area contributed by atoms with Crippen molar-refractivity contribution >= 4 is 11.9 Å². The summed E-state index contributed by atoms with van der Waals surface area (Å²) in [6.45, 7) is 6.10. The van der Waals surface area contributed by atoms with Gasteiger partial charge in [-0.1, -0.05) is 6.92 Å². The standard InChI is InChI=1S/C12H17N3O2/c1-4-17-11(16)9-6-13-12(14-8(9)3)15-10-5-7(10)2/h6-7,10H,4-5H2,1-3H3,(H,13,14,15). The van der Waals surface area contributed by atoms with Gasteiger partial charge in [0.05, 0.1) is 17.9 Å². The minimum Gasteiger partial charge on any atom is -0.462 e. The van der Waals surface area contributed by atoms with Gasteiger partial charge < -0.3 is 10.1 Å². The Kier molecular flexibility index (Phi) is 3.26. The topological polar surface area (TPSA) is 64.1 Å². The largest absolute Gasteiger partial charge is 0.462 e. The third-order valence-corrected chi connectivity index (χ3v) is 2.90. The van der Waals surface area contributed by atoms with Crippen molar-refractivity contribution in [3.63, 3.8) is 0 Å². The van der Waals surface area contributed by atoms with E-state index in [0.29, 0.717) is 35.8 Å². The highest BCUT2D eigenvalue weighted by molar-refractivity contribution is 5.90. The maximum atomic E-state index is 11.5. The molecule has 0 bridgehead atoms. The van der Waals surface area contributed by atoms with Crippen molar-refractivity contribution in [3.8, 4) is 0 Å². The molecule has 5 nitrogen and oxygen atoms in total. The number of nitrogens with one attached hydrogen (secondary N) is 1. The summed E-state index contributed by atoms with van der Waals surface area (Å²) in [5.74, 6) is 0.907. The lowest BCUT2D eigenvalue weighted by molar-refractivity contribution is 0.0524. The van der Waals surface area contributed by atoms with Crippen LogP contribution in [0.15, 0.2) is 6.20 Å². The lowest BCUT2D eigenvalue weighted by atomic mass is 10.2. The van der Waals surface area contributed by atoms with Gasteiger partial charge >= 0.3 is 5.97 Å². The Hall–Kier alpha value is -1.65. The number of ether oxygens (including phenoxy) is 1. The summed E-state index contributed by atoms with van der Waals surface area (Å²) in [5.41, 5.74) is 1.08. The number of aryl methyl sites for hydroxylation is 1. The van der Waals surface area contributed by atoms with Gasteiger partial charge in [-0.05, 0) is 26.2 Å². The minimum atomic E-state index is -0.365. The molecule has 1 aromatic heterocycles. The van der Waals surface area contributed by atoms with Gasteiger partial charge in [0.2, 0.25) is 5.95 Å². The van der Waals surface area contributed by atoms with Crippen LogP contribution in [0, 0.1) is 12.8 Å². The molecule has 0 saturated heterocycles. The Labute approximate surface area is 101 Å². The zero-order valence-electron chi connectivity index (χ0n) is 10.4. The normalized spacial score (nSPS) is 22.1. The van der Waals surface area contributed by atoms with E-state index in [1.807, 2.05) is 0 Å². The molecule has 1 fully saturated rings. The molecule has 0 aromatic carbocycles. The Morgan fingerprint density at radius 1 is 1.65 bits per heavy atom. The first-order valence-corrected chi connectivity index (χ1v) is 5.89. The number of hydrogen-bond acceptors (Lipinski definition) is 5. The number of rotatable bonds is 4. The van der Waals surface area contributed by atoms with E-state index in [2.05, 4.69) is 22.2 Å². The number of carbonyl (C=O) groups is 1. The Morgan fingerprint density at radius 3 is 2.88 bits per heavy atom. The predicted molar refractivity (Wildman–Crippen MR) is 63.9 cm³/mol. The van der Waals surface area contributed by atoms with E-state index in [0.717, 1.165) is 6.42 Å². The molecule has 2 unspecified atom stereocenters. The van der Waals surface area contributed by atoms with Crippen LogP contribution in [-0.2, 0) is 4.74 Å². The molecule has 1 aliphatic rings. The Morgan fingerprint density at radius 2 is 2.35 bits per heavy atom. The number of carbonyl (C=O) groups excluding carboxylic acids is 1. The van der Waals surface area contributed by atoms with Crippen molar-refractivity contribution in [1.29, 1.82) is 0 Å². The van der Waals surface area contributed by atoms with Gasteiger partial charge in [-0.3, -0.25) is 0 Å². The summed E-state index contributed by atoms with van der Waals surface area (Å²) in [4.78, 5) is 19.9. The monoisotopic (exact) mass is 235 g/mol. The molecule has 1 aliphatic carbocycles. The molecule has 0 aliphatic heterocycles. The summed E-state index contributed by atoms with van der Waals surface area (Å²) in [5, 5.41) is 3.23. The molecule has 1 aromatic rings.